The maximum absolute atomic E-state index is 13.9. The summed E-state index contributed by atoms with van der Waals surface area (Å²) in [6, 6.07) is 31.2. The molecule has 0 radical (unpaired) electrons. The lowest BCUT2D eigenvalue weighted by Gasteiger charge is -2.36. The van der Waals surface area contributed by atoms with E-state index in [0.717, 1.165) is 38.9 Å². The van der Waals surface area contributed by atoms with Crippen molar-refractivity contribution in [1.82, 2.24) is 15.5 Å². The number of amides is 3. The van der Waals surface area contributed by atoms with Crippen molar-refractivity contribution in [3.63, 3.8) is 0 Å². The Kier molecular flexibility index (Phi) is 15.2. The summed E-state index contributed by atoms with van der Waals surface area (Å²) in [5.41, 5.74) is 7.35. The molecule has 59 heavy (non-hydrogen) atoms. The molecular formula is C48H53N3O8. The molecule has 11 nitrogen and oxygen atoms in total. The van der Waals surface area contributed by atoms with Crippen molar-refractivity contribution in [1.29, 1.82) is 0 Å². The van der Waals surface area contributed by atoms with Crippen LogP contribution in [0.2, 0.25) is 0 Å². The average molecular weight is 800 g/mol. The average Bonchev–Trinajstić information content (AvgIpc) is 3.58. The zero-order valence-electron chi connectivity index (χ0n) is 33.3. The number of esters is 1. The molecular weight excluding hydrogens is 747 g/mol. The number of nitrogens with zero attached hydrogens (tertiary/aromatic N) is 1. The Morgan fingerprint density at radius 2 is 1.46 bits per heavy atom. The van der Waals surface area contributed by atoms with E-state index in [9.17, 15) is 24.3 Å². The van der Waals surface area contributed by atoms with Gasteiger partial charge in [-0.05, 0) is 64.6 Å². The maximum Gasteiger partial charge on any atom is 0.407 e. The van der Waals surface area contributed by atoms with Gasteiger partial charge in [0.15, 0.2) is 0 Å². The highest BCUT2D eigenvalue weighted by Gasteiger charge is 2.34. The third-order valence-electron chi connectivity index (χ3n) is 10.9. The molecule has 0 saturated heterocycles. The summed E-state index contributed by atoms with van der Waals surface area (Å²) >= 11 is 0. The Balaban J connectivity index is 1.09. The fraction of sp³-hybridized carbons (Fsp3) is 0.333. The summed E-state index contributed by atoms with van der Waals surface area (Å²) < 4.78 is 17.5. The molecule has 6 rings (SSSR count). The summed E-state index contributed by atoms with van der Waals surface area (Å²) in [5.74, 6) is -2.33. The summed E-state index contributed by atoms with van der Waals surface area (Å²) in [6.07, 6.45) is 3.74. The molecule has 0 bridgehead atoms. The van der Waals surface area contributed by atoms with E-state index >= 15 is 0 Å². The van der Waals surface area contributed by atoms with Crippen LogP contribution in [0.3, 0.4) is 0 Å². The highest BCUT2D eigenvalue weighted by molar-refractivity contribution is 5.87. The zero-order valence-corrected chi connectivity index (χ0v) is 33.3. The third kappa shape index (κ3) is 11.1. The van der Waals surface area contributed by atoms with E-state index in [4.69, 9.17) is 14.2 Å². The van der Waals surface area contributed by atoms with Gasteiger partial charge in [-0.25, -0.2) is 9.59 Å². The topological polar surface area (TPSA) is 144 Å². The monoisotopic (exact) mass is 799 g/mol. The van der Waals surface area contributed by atoms with Gasteiger partial charge in [0.2, 0.25) is 11.8 Å². The van der Waals surface area contributed by atoms with Crippen LogP contribution >= 0.6 is 0 Å². The van der Waals surface area contributed by atoms with E-state index in [1.54, 1.807) is 17.1 Å². The number of benzene rings is 4. The first kappa shape index (κ1) is 42.6. The standard InChI is InChI=1S/C48H53N3O8/c1-3-5-24-44(50-48(56)59-32-43-41-22-13-11-20-39(41)40-21-12-14-23-42(40)43)47(55)58-31-37(30-57-29-33-16-7-6-8-17-33)49-46(54)35(15-4-2)26-45(53)51-27-36-19-10-9-18-34(36)25-38(51)28-52/h3-4,6-14,16-23,35,37-38,43-44,52H,1-2,5,15,24-32H2,(H,49,54)(H,50,56)/t35-,37+,38+,44+/m1/s1. The molecule has 4 atom stereocenters. The van der Waals surface area contributed by atoms with Crippen molar-refractivity contribution in [2.24, 2.45) is 5.92 Å². The normalized spacial score (nSPS) is 15.7. The van der Waals surface area contributed by atoms with Gasteiger partial charge >= 0.3 is 12.1 Å². The fourth-order valence-corrected chi connectivity index (χ4v) is 7.80. The van der Waals surface area contributed by atoms with Crippen LogP contribution in [0.5, 0.6) is 0 Å². The molecule has 308 valence electrons. The molecule has 4 aromatic carbocycles. The minimum absolute atomic E-state index is 0.00467. The number of hydrogen-bond acceptors (Lipinski definition) is 8. The molecule has 3 N–H and O–H groups in total. The van der Waals surface area contributed by atoms with Crippen molar-refractivity contribution in [3.05, 3.63) is 156 Å². The second kappa shape index (κ2) is 21.1. The van der Waals surface area contributed by atoms with Crippen LogP contribution in [-0.2, 0) is 48.2 Å². The quantitative estimate of drug-likeness (QED) is 0.0668. The van der Waals surface area contributed by atoms with E-state index in [2.05, 4.69) is 35.9 Å². The molecule has 4 aromatic rings. The zero-order chi connectivity index (χ0) is 41.6. The van der Waals surface area contributed by atoms with Gasteiger partial charge in [0, 0.05) is 18.9 Å². The number of alkyl carbamates (subject to hydrolysis) is 1. The summed E-state index contributed by atoms with van der Waals surface area (Å²) in [4.78, 5) is 56.1. The summed E-state index contributed by atoms with van der Waals surface area (Å²) in [6.45, 7) is 7.78. The number of ether oxygens (including phenoxy) is 3. The van der Waals surface area contributed by atoms with Gasteiger partial charge in [-0.15, -0.1) is 13.2 Å². The van der Waals surface area contributed by atoms with Gasteiger partial charge in [0.05, 0.1) is 37.8 Å². The number of rotatable bonds is 20. The number of nitrogens with one attached hydrogen (secondary N) is 2. The Labute approximate surface area is 346 Å². The first-order valence-corrected chi connectivity index (χ1v) is 20.2. The number of fused-ring (bicyclic) bond motifs is 4. The minimum Gasteiger partial charge on any atom is -0.462 e. The lowest BCUT2D eigenvalue weighted by molar-refractivity contribution is -0.148. The molecule has 1 aliphatic carbocycles. The van der Waals surface area contributed by atoms with E-state index in [1.807, 2.05) is 91.0 Å². The van der Waals surface area contributed by atoms with E-state index in [-0.39, 0.29) is 64.1 Å². The smallest absolute Gasteiger partial charge is 0.407 e. The maximum atomic E-state index is 13.9. The van der Waals surface area contributed by atoms with Crippen LogP contribution in [0.25, 0.3) is 11.1 Å². The predicted octanol–water partition coefficient (Wildman–Crippen LogP) is 6.63. The highest BCUT2D eigenvalue weighted by atomic mass is 16.6. The van der Waals surface area contributed by atoms with Crippen LogP contribution in [0.1, 0.15) is 59.4 Å². The van der Waals surface area contributed by atoms with Crippen LogP contribution in [0, 0.1) is 5.92 Å². The van der Waals surface area contributed by atoms with Crippen LogP contribution < -0.4 is 10.6 Å². The second-order valence-electron chi connectivity index (χ2n) is 15.0. The lowest BCUT2D eigenvalue weighted by Crippen LogP contribution is -2.49. The SMILES string of the molecule is C=CCC[C@H](NC(=O)OCC1c2ccccc2-c2ccccc21)C(=O)OC[C@H](COCc1ccccc1)NC(=O)[C@H](CC=C)CC(=O)N1Cc2ccccc2C[C@H]1CO. The number of allylic oxidation sites excluding steroid dienone is 2. The molecule has 2 aliphatic rings. The van der Waals surface area contributed by atoms with Gasteiger partial charge in [-0.2, -0.15) is 0 Å². The highest BCUT2D eigenvalue weighted by Crippen LogP contribution is 2.44. The molecule has 0 spiro atoms. The molecule has 0 unspecified atom stereocenters. The fourth-order valence-electron chi connectivity index (χ4n) is 7.80. The van der Waals surface area contributed by atoms with E-state index < -0.39 is 42.0 Å². The molecule has 11 heteroatoms. The number of carbonyl (C=O) groups is 4. The molecule has 1 aliphatic heterocycles. The molecule has 3 amide bonds. The molecule has 0 fully saturated rings. The van der Waals surface area contributed by atoms with Gasteiger partial charge in [0.25, 0.3) is 0 Å². The van der Waals surface area contributed by atoms with Crippen molar-refractivity contribution < 1.29 is 38.5 Å². The van der Waals surface area contributed by atoms with Crippen molar-refractivity contribution in [2.75, 3.05) is 26.4 Å². The number of carbonyl (C=O) groups excluding carboxylic acids is 4. The van der Waals surface area contributed by atoms with E-state index in [0.29, 0.717) is 19.4 Å². The Morgan fingerprint density at radius 3 is 2.14 bits per heavy atom. The van der Waals surface area contributed by atoms with Gasteiger partial charge in [-0.3, -0.25) is 9.59 Å². The van der Waals surface area contributed by atoms with Crippen molar-refractivity contribution in [2.45, 2.75) is 69.3 Å². The third-order valence-corrected chi connectivity index (χ3v) is 10.9. The van der Waals surface area contributed by atoms with Gasteiger partial charge in [-0.1, -0.05) is 115 Å². The van der Waals surface area contributed by atoms with Crippen molar-refractivity contribution in [3.8, 4) is 11.1 Å². The van der Waals surface area contributed by atoms with Crippen LogP contribution in [-0.4, -0.2) is 78.4 Å². The van der Waals surface area contributed by atoms with Crippen molar-refractivity contribution >= 4 is 23.9 Å². The minimum atomic E-state index is -1.05. The number of aliphatic hydroxyl groups excluding tert-OH is 1. The van der Waals surface area contributed by atoms with Gasteiger partial charge < -0.3 is 34.9 Å². The number of hydrogen-bond donors (Lipinski definition) is 3. The summed E-state index contributed by atoms with van der Waals surface area (Å²) in [7, 11) is 0. The molecule has 1 heterocycles. The van der Waals surface area contributed by atoms with Gasteiger partial charge in [0.1, 0.15) is 19.3 Å². The van der Waals surface area contributed by atoms with Crippen LogP contribution in [0.15, 0.2) is 128 Å². The molecule has 0 saturated carbocycles. The molecule has 0 aromatic heterocycles. The summed E-state index contributed by atoms with van der Waals surface area (Å²) in [5, 5.41) is 15.8. The largest absolute Gasteiger partial charge is 0.462 e. The predicted molar refractivity (Wildman–Crippen MR) is 225 cm³/mol. The Hall–Kier alpha value is -6.04. The first-order valence-electron chi connectivity index (χ1n) is 20.2. The Bertz CT molecular complexity index is 2040. The van der Waals surface area contributed by atoms with Crippen LogP contribution in [0.4, 0.5) is 4.79 Å². The second-order valence-corrected chi connectivity index (χ2v) is 15.0. The number of aliphatic hydroxyl groups is 1. The van der Waals surface area contributed by atoms with E-state index in [1.165, 1.54) is 0 Å². The first-order chi connectivity index (χ1) is 28.8. The Morgan fingerprint density at radius 1 is 0.797 bits per heavy atom. The lowest BCUT2D eigenvalue weighted by atomic mass is 9.92.